The van der Waals surface area contributed by atoms with Gasteiger partial charge in [-0.2, -0.15) is 4.99 Å². The largest absolute Gasteiger partial charge is 0.496 e. The molecule has 0 unspecified atom stereocenters. The van der Waals surface area contributed by atoms with Crippen LogP contribution in [0.2, 0.25) is 0 Å². The molecule has 15 heavy (non-hydrogen) atoms. The van der Waals surface area contributed by atoms with Gasteiger partial charge in [0.2, 0.25) is 6.08 Å². The highest BCUT2D eigenvalue weighted by molar-refractivity contribution is 9.10. The number of halogens is 1. The number of methoxy groups -OCH3 is 1. The summed E-state index contributed by atoms with van der Waals surface area (Å²) in [4.78, 5) is 14.1. The zero-order valence-corrected chi connectivity index (χ0v) is 10.5. The van der Waals surface area contributed by atoms with Crippen molar-refractivity contribution in [2.75, 3.05) is 7.11 Å². The molecule has 0 fully saturated rings. The van der Waals surface area contributed by atoms with Crippen molar-refractivity contribution in [3.05, 3.63) is 28.2 Å². The predicted molar refractivity (Wildman–Crippen MR) is 61.8 cm³/mol. The second kappa shape index (κ2) is 4.60. The van der Waals surface area contributed by atoms with E-state index in [9.17, 15) is 4.79 Å². The quantitative estimate of drug-likeness (QED) is 0.625. The molecule has 0 atom stereocenters. The Balaban J connectivity index is 3.33. The van der Waals surface area contributed by atoms with Crippen LogP contribution in [-0.4, -0.2) is 13.2 Å². The van der Waals surface area contributed by atoms with Crippen LogP contribution < -0.4 is 4.74 Å². The lowest BCUT2D eigenvalue weighted by atomic mass is 9.94. The number of benzene rings is 1. The molecule has 0 spiro atoms. The van der Waals surface area contributed by atoms with E-state index in [0.717, 1.165) is 10.0 Å². The number of nitrogens with zero attached hydrogens (tertiary/aromatic N) is 1. The smallest absolute Gasteiger partial charge is 0.235 e. The molecule has 0 aliphatic heterocycles. The fourth-order valence-electron chi connectivity index (χ4n) is 1.33. The van der Waals surface area contributed by atoms with Crippen molar-refractivity contribution >= 4 is 22.0 Å². The normalized spacial score (nSPS) is 10.7. The number of ether oxygens (including phenoxy) is 1. The molecule has 0 saturated carbocycles. The molecular weight excluding hydrogens is 258 g/mol. The highest BCUT2D eigenvalue weighted by atomic mass is 79.9. The van der Waals surface area contributed by atoms with Gasteiger partial charge in [0, 0.05) is 10.0 Å². The lowest BCUT2D eigenvalue weighted by Gasteiger charge is -2.21. The maximum Gasteiger partial charge on any atom is 0.235 e. The molecule has 1 aromatic carbocycles. The van der Waals surface area contributed by atoms with Crippen molar-refractivity contribution in [2.45, 2.75) is 19.4 Å². The van der Waals surface area contributed by atoms with E-state index in [-0.39, 0.29) is 0 Å². The van der Waals surface area contributed by atoms with Gasteiger partial charge in [-0.05, 0) is 32.0 Å². The van der Waals surface area contributed by atoms with Gasteiger partial charge in [-0.15, -0.1) is 0 Å². The van der Waals surface area contributed by atoms with Crippen LogP contribution in [0.25, 0.3) is 0 Å². The lowest BCUT2D eigenvalue weighted by Crippen LogP contribution is -2.14. The minimum absolute atomic E-state index is 0.628. The lowest BCUT2D eigenvalue weighted by molar-refractivity contribution is 0.394. The first kappa shape index (κ1) is 12.0. The van der Waals surface area contributed by atoms with E-state index in [0.29, 0.717) is 5.75 Å². The first-order valence-corrected chi connectivity index (χ1v) is 5.23. The van der Waals surface area contributed by atoms with E-state index in [1.807, 2.05) is 32.0 Å². The summed E-state index contributed by atoms with van der Waals surface area (Å²) in [5.74, 6) is 0.710. The van der Waals surface area contributed by atoms with Crippen LogP contribution in [0.4, 0.5) is 0 Å². The molecule has 80 valence electrons. The van der Waals surface area contributed by atoms with Gasteiger partial charge >= 0.3 is 0 Å². The number of aliphatic imine (C=N–C) groups is 1. The Morgan fingerprint density at radius 2 is 2.13 bits per heavy atom. The maximum absolute atomic E-state index is 10.3. The average molecular weight is 270 g/mol. The monoisotopic (exact) mass is 269 g/mol. The van der Waals surface area contributed by atoms with Gasteiger partial charge < -0.3 is 4.74 Å². The van der Waals surface area contributed by atoms with Crippen LogP contribution in [0.1, 0.15) is 19.4 Å². The van der Waals surface area contributed by atoms with Crippen molar-refractivity contribution < 1.29 is 9.53 Å². The van der Waals surface area contributed by atoms with E-state index in [2.05, 4.69) is 20.9 Å². The number of isocyanates is 1. The first-order chi connectivity index (χ1) is 7.01. The summed E-state index contributed by atoms with van der Waals surface area (Å²) in [5, 5.41) is 0. The minimum Gasteiger partial charge on any atom is -0.496 e. The van der Waals surface area contributed by atoms with Crippen LogP contribution in [-0.2, 0) is 10.3 Å². The van der Waals surface area contributed by atoms with E-state index < -0.39 is 5.54 Å². The van der Waals surface area contributed by atoms with Gasteiger partial charge in [0.05, 0.1) is 12.6 Å². The molecule has 0 saturated heterocycles. The Morgan fingerprint density at radius 1 is 1.47 bits per heavy atom. The molecule has 0 heterocycles. The highest BCUT2D eigenvalue weighted by Crippen LogP contribution is 2.34. The first-order valence-electron chi connectivity index (χ1n) is 4.44. The molecule has 4 heteroatoms. The second-order valence-electron chi connectivity index (χ2n) is 3.61. The summed E-state index contributed by atoms with van der Waals surface area (Å²) >= 11 is 3.37. The summed E-state index contributed by atoms with van der Waals surface area (Å²) in [7, 11) is 1.59. The van der Waals surface area contributed by atoms with Crippen molar-refractivity contribution in [3.63, 3.8) is 0 Å². The van der Waals surface area contributed by atoms with E-state index in [1.165, 1.54) is 0 Å². The van der Waals surface area contributed by atoms with Gasteiger partial charge in [0.1, 0.15) is 5.75 Å². The fraction of sp³-hybridized carbons (Fsp3) is 0.364. The Bertz CT molecular complexity index is 409. The SMILES string of the molecule is COc1ccc(Br)cc1C(C)(C)N=C=O. The Labute approximate surface area is 97.3 Å². The number of hydrogen-bond acceptors (Lipinski definition) is 3. The topological polar surface area (TPSA) is 38.7 Å². The molecule has 1 rings (SSSR count). The second-order valence-corrected chi connectivity index (χ2v) is 4.52. The summed E-state index contributed by atoms with van der Waals surface area (Å²) in [5.41, 5.74) is 0.222. The van der Waals surface area contributed by atoms with Gasteiger partial charge in [-0.1, -0.05) is 15.9 Å². The standard InChI is InChI=1S/C11H12BrNO2/c1-11(2,13-7-14)9-6-8(12)4-5-10(9)15-3/h4-6H,1-3H3. The van der Waals surface area contributed by atoms with Gasteiger partial charge in [-0.3, -0.25) is 0 Å². The Kier molecular flexibility index (Phi) is 3.66. The molecule has 3 nitrogen and oxygen atoms in total. The summed E-state index contributed by atoms with van der Waals surface area (Å²) in [6, 6.07) is 5.60. The molecule has 0 bridgehead atoms. The average Bonchev–Trinajstić information content (AvgIpc) is 2.17. The number of hydrogen-bond donors (Lipinski definition) is 0. The molecule has 0 amide bonds. The molecule has 0 aromatic heterocycles. The van der Waals surface area contributed by atoms with Crippen molar-refractivity contribution in [1.82, 2.24) is 0 Å². The zero-order valence-electron chi connectivity index (χ0n) is 8.87. The van der Waals surface area contributed by atoms with Crippen LogP contribution >= 0.6 is 15.9 Å². The minimum atomic E-state index is -0.628. The van der Waals surface area contributed by atoms with Crippen LogP contribution in [0, 0.1) is 0 Å². The van der Waals surface area contributed by atoms with Crippen molar-refractivity contribution in [2.24, 2.45) is 4.99 Å². The van der Waals surface area contributed by atoms with E-state index in [1.54, 1.807) is 13.2 Å². The zero-order chi connectivity index (χ0) is 11.5. The van der Waals surface area contributed by atoms with Crippen molar-refractivity contribution in [3.8, 4) is 5.75 Å². The molecule has 0 radical (unpaired) electrons. The summed E-state index contributed by atoms with van der Waals surface area (Å²) < 4.78 is 6.15. The third-order valence-electron chi connectivity index (χ3n) is 2.15. The van der Waals surface area contributed by atoms with Crippen LogP contribution in [0.5, 0.6) is 5.75 Å². The van der Waals surface area contributed by atoms with E-state index >= 15 is 0 Å². The summed E-state index contributed by atoms with van der Waals surface area (Å²) in [6.45, 7) is 3.67. The van der Waals surface area contributed by atoms with Crippen LogP contribution in [0.15, 0.2) is 27.7 Å². The van der Waals surface area contributed by atoms with Gasteiger partial charge in [0.25, 0.3) is 0 Å². The number of rotatable bonds is 3. The van der Waals surface area contributed by atoms with Crippen molar-refractivity contribution in [1.29, 1.82) is 0 Å². The number of carbonyl (C=O) groups excluding carboxylic acids is 1. The molecule has 0 aliphatic carbocycles. The third-order valence-corrected chi connectivity index (χ3v) is 2.64. The molecular formula is C11H12BrNO2. The predicted octanol–water partition coefficient (Wildman–Crippen LogP) is 3.03. The molecule has 1 aromatic rings. The highest BCUT2D eigenvalue weighted by Gasteiger charge is 2.23. The maximum atomic E-state index is 10.3. The molecule has 0 N–H and O–H groups in total. The Hall–Kier alpha value is -1.12. The van der Waals surface area contributed by atoms with Gasteiger partial charge in [-0.25, -0.2) is 4.79 Å². The summed E-state index contributed by atoms with van der Waals surface area (Å²) in [6.07, 6.45) is 1.58. The molecule has 0 aliphatic rings. The van der Waals surface area contributed by atoms with Gasteiger partial charge in [0.15, 0.2) is 0 Å². The van der Waals surface area contributed by atoms with E-state index in [4.69, 9.17) is 4.74 Å². The Morgan fingerprint density at radius 3 is 2.67 bits per heavy atom. The third kappa shape index (κ3) is 2.67. The van der Waals surface area contributed by atoms with Crippen LogP contribution in [0.3, 0.4) is 0 Å². The fourth-order valence-corrected chi connectivity index (χ4v) is 1.69.